The number of piperazine rings is 1. The molecule has 8 heteroatoms. The fourth-order valence-electron chi connectivity index (χ4n) is 3.03. The quantitative estimate of drug-likeness (QED) is 0.645. The van der Waals surface area contributed by atoms with E-state index in [-0.39, 0.29) is 16.0 Å². The third-order valence-corrected chi connectivity index (χ3v) is 4.36. The predicted octanol–water partition coefficient (Wildman–Crippen LogP) is 2.02. The monoisotopic (exact) mass is 313 g/mol. The van der Waals surface area contributed by atoms with E-state index in [1.807, 2.05) is 0 Å². The number of hydrogen-bond donors (Lipinski definition) is 1. The highest BCUT2D eigenvalue weighted by atomic mass is 35.5. The van der Waals surface area contributed by atoms with Gasteiger partial charge in [-0.15, -0.1) is 0 Å². The summed E-state index contributed by atoms with van der Waals surface area (Å²) in [6.07, 6.45) is 2.57. The van der Waals surface area contributed by atoms with Crippen molar-refractivity contribution in [1.29, 1.82) is 0 Å². The second-order valence-electron chi connectivity index (χ2n) is 5.09. The van der Waals surface area contributed by atoms with Gasteiger partial charge < -0.3 is 10.2 Å². The standard InChI is InChI=1S/C12H10Cl2FN5/c13-10-8(15)9-7(3-17-10)11(19-12(14)18-9)20-4-5-1-6(20)2-16-5/h3,5-6,16H,1-2,4H2. The number of anilines is 1. The molecular formula is C12H10Cl2FN5. The molecule has 1 N–H and O–H groups in total. The first kappa shape index (κ1) is 12.5. The van der Waals surface area contributed by atoms with Gasteiger partial charge in [0.1, 0.15) is 11.3 Å². The first-order chi connectivity index (χ1) is 9.63. The van der Waals surface area contributed by atoms with Crippen LogP contribution in [0.25, 0.3) is 10.9 Å². The average molecular weight is 314 g/mol. The molecule has 2 aromatic rings. The molecule has 2 atom stereocenters. The Bertz CT molecular complexity index is 710. The van der Waals surface area contributed by atoms with Crippen LogP contribution in [0.2, 0.25) is 10.4 Å². The highest BCUT2D eigenvalue weighted by Crippen LogP contribution is 2.34. The number of rotatable bonds is 1. The summed E-state index contributed by atoms with van der Waals surface area (Å²) in [6, 6.07) is 0.807. The van der Waals surface area contributed by atoms with Crippen LogP contribution in [0.4, 0.5) is 10.2 Å². The summed E-state index contributed by atoms with van der Waals surface area (Å²) in [5.74, 6) is -0.0192. The van der Waals surface area contributed by atoms with Crippen molar-refractivity contribution in [2.24, 2.45) is 0 Å². The van der Waals surface area contributed by atoms with Gasteiger partial charge in [0.05, 0.1) is 5.39 Å². The number of hydrogen-bond acceptors (Lipinski definition) is 5. The molecule has 5 nitrogen and oxygen atoms in total. The van der Waals surface area contributed by atoms with Crippen molar-refractivity contribution in [1.82, 2.24) is 20.3 Å². The van der Waals surface area contributed by atoms with Crippen LogP contribution >= 0.6 is 23.2 Å². The number of halogens is 3. The lowest BCUT2D eigenvalue weighted by Gasteiger charge is -2.29. The molecule has 2 unspecified atom stereocenters. The number of nitrogens with zero attached hydrogens (tertiary/aromatic N) is 4. The van der Waals surface area contributed by atoms with Gasteiger partial charge in [-0.3, -0.25) is 0 Å². The molecule has 2 aliphatic heterocycles. The number of pyridine rings is 1. The van der Waals surface area contributed by atoms with Crippen LogP contribution in [0.5, 0.6) is 0 Å². The van der Waals surface area contributed by atoms with Gasteiger partial charge in [0.25, 0.3) is 0 Å². The summed E-state index contributed by atoms with van der Waals surface area (Å²) in [6.45, 7) is 1.73. The molecule has 2 aliphatic rings. The minimum atomic E-state index is -0.655. The molecule has 2 fully saturated rings. The van der Waals surface area contributed by atoms with Gasteiger partial charge in [0.15, 0.2) is 11.0 Å². The fraction of sp³-hybridized carbons (Fsp3) is 0.417. The number of fused-ring (bicyclic) bond motifs is 3. The van der Waals surface area contributed by atoms with Gasteiger partial charge in [0.2, 0.25) is 5.28 Å². The molecule has 4 heterocycles. The molecule has 0 aromatic carbocycles. The Morgan fingerprint density at radius 1 is 1.35 bits per heavy atom. The predicted molar refractivity (Wildman–Crippen MR) is 74.9 cm³/mol. The van der Waals surface area contributed by atoms with Gasteiger partial charge in [-0.05, 0) is 18.0 Å². The molecular weight excluding hydrogens is 304 g/mol. The normalized spacial score (nSPS) is 24.9. The zero-order chi connectivity index (χ0) is 13.9. The maximum Gasteiger partial charge on any atom is 0.225 e. The van der Waals surface area contributed by atoms with E-state index in [1.54, 1.807) is 0 Å². The summed E-state index contributed by atoms with van der Waals surface area (Å²) in [7, 11) is 0. The largest absolute Gasteiger partial charge is 0.350 e. The van der Waals surface area contributed by atoms with Crippen molar-refractivity contribution in [2.75, 3.05) is 18.0 Å². The molecule has 104 valence electrons. The van der Waals surface area contributed by atoms with Crippen molar-refractivity contribution >= 4 is 39.9 Å². The summed E-state index contributed by atoms with van der Waals surface area (Å²) < 4.78 is 14.1. The van der Waals surface area contributed by atoms with Crippen molar-refractivity contribution in [3.63, 3.8) is 0 Å². The SMILES string of the molecule is Fc1c(Cl)ncc2c(N3CC4CC3CN4)nc(Cl)nc12. The van der Waals surface area contributed by atoms with Crippen molar-refractivity contribution in [2.45, 2.75) is 18.5 Å². The number of aromatic nitrogens is 3. The Labute approximate surface area is 124 Å². The first-order valence-electron chi connectivity index (χ1n) is 6.31. The Balaban J connectivity index is 1.93. The second kappa shape index (κ2) is 4.38. The minimum absolute atomic E-state index is 0.0180. The van der Waals surface area contributed by atoms with Crippen LogP contribution < -0.4 is 10.2 Å². The molecule has 2 bridgehead atoms. The van der Waals surface area contributed by atoms with Crippen LogP contribution in [-0.2, 0) is 0 Å². The third kappa shape index (κ3) is 1.75. The van der Waals surface area contributed by atoms with Gasteiger partial charge in [0, 0.05) is 31.4 Å². The topological polar surface area (TPSA) is 53.9 Å². The fourth-order valence-corrected chi connectivity index (χ4v) is 3.33. The van der Waals surface area contributed by atoms with E-state index in [4.69, 9.17) is 23.2 Å². The van der Waals surface area contributed by atoms with E-state index in [1.165, 1.54) is 6.20 Å². The summed E-state index contributed by atoms with van der Waals surface area (Å²) in [5, 5.41) is 3.77. The molecule has 0 radical (unpaired) electrons. The maximum absolute atomic E-state index is 14.1. The van der Waals surface area contributed by atoms with Gasteiger partial charge in [-0.25, -0.2) is 14.4 Å². The van der Waals surface area contributed by atoms with E-state index >= 15 is 0 Å². The zero-order valence-corrected chi connectivity index (χ0v) is 11.8. The highest BCUT2D eigenvalue weighted by Gasteiger charge is 2.39. The van der Waals surface area contributed by atoms with Crippen molar-refractivity contribution in [3.05, 3.63) is 22.5 Å². The average Bonchev–Trinajstić information content (AvgIpc) is 3.05. The summed E-state index contributed by atoms with van der Waals surface area (Å²) in [5.41, 5.74) is 0.121. The van der Waals surface area contributed by atoms with Crippen LogP contribution in [-0.4, -0.2) is 40.1 Å². The Kier molecular flexibility index (Phi) is 2.73. The summed E-state index contributed by atoms with van der Waals surface area (Å²) >= 11 is 11.6. The lowest BCUT2D eigenvalue weighted by Crippen LogP contribution is -2.44. The minimum Gasteiger partial charge on any atom is -0.350 e. The Morgan fingerprint density at radius 3 is 2.90 bits per heavy atom. The highest BCUT2D eigenvalue weighted by molar-refractivity contribution is 6.30. The van der Waals surface area contributed by atoms with Crippen molar-refractivity contribution in [3.8, 4) is 0 Å². The lowest BCUT2D eigenvalue weighted by atomic mass is 10.2. The molecule has 2 aromatic heterocycles. The molecule has 2 saturated heterocycles. The smallest absolute Gasteiger partial charge is 0.225 e. The zero-order valence-electron chi connectivity index (χ0n) is 10.3. The maximum atomic E-state index is 14.1. The van der Waals surface area contributed by atoms with Gasteiger partial charge in [-0.2, -0.15) is 4.98 Å². The van der Waals surface area contributed by atoms with E-state index < -0.39 is 5.82 Å². The van der Waals surface area contributed by atoms with E-state index in [0.29, 0.717) is 23.3 Å². The Hall–Kier alpha value is -1.24. The molecule has 0 spiro atoms. The van der Waals surface area contributed by atoms with Gasteiger partial charge >= 0.3 is 0 Å². The molecule has 0 amide bonds. The first-order valence-corrected chi connectivity index (χ1v) is 7.06. The molecule has 20 heavy (non-hydrogen) atoms. The van der Waals surface area contributed by atoms with Crippen LogP contribution in [0.1, 0.15) is 6.42 Å². The molecule has 0 saturated carbocycles. The van der Waals surface area contributed by atoms with Crippen LogP contribution in [0, 0.1) is 5.82 Å². The lowest BCUT2D eigenvalue weighted by molar-refractivity contribution is 0.577. The second-order valence-corrected chi connectivity index (χ2v) is 5.78. The van der Waals surface area contributed by atoms with Crippen LogP contribution in [0.15, 0.2) is 6.20 Å². The van der Waals surface area contributed by atoms with E-state index in [2.05, 4.69) is 25.2 Å². The Morgan fingerprint density at radius 2 is 2.20 bits per heavy atom. The third-order valence-electron chi connectivity index (χ3n) is 3.92. The molecule has 4 rings (SSSR count). The van der Waals surface area contributed by atoms with Crippen LogP contribution in [0.3, 0.4) is 0 Å². The van der Waals surface area contributed by atoms with E-state index in [0.717, 1.165) is 19.5 Å². The van der Waals surface area contributed by atoms with Crippen molar-refractivity contribution < 1.29 is 4.39 Å². The molecule has 0 aliphatic carbocycles. The number of nitrogens with one attached hydrogen (secondary N) is 1. The van der Waals surface area contributed by atoms with Gasteiger partial charge in [-0.1, -0.05) is 11.6 Å². The summed E-state index contributed by atoms with van der Waals surface area (Å²) in [4.78, 5) is 14.2. The van der Waals surface area contributed by atoms with E-state index in [9.17, 15) is 4.39 Å².